The number of nitrogens with one attached hydrogen (secondary N) is 2. The van der Waals surface area contributed by atoms with Gasteiger partial charge in [0.25, 0.3) is 5.91 Å². The van der Waals surface area contributed by atoms with E-state index in [0.29, 0.717) is 17.9 Å². The molecule has 0 aliphatic heterocycles. The standard InChI is InChI=1S/C14H14N4O2S/c1-21(20)18-7-6-10(9-18)14(19)15-8-13-16-11-4-2-3-5-12(11)17-13/h2-7,9H,8H2,1H3,(H,15,19)(H,16,17). The van der Waals surface area contributed by atoms with Gasteiger partial charge in [0.15, 0.2) is 0 Å². The number of para-hydroxylation sites is 2. The first-order chi connectivity index (χ1) is 10.1. The maximum atomic E-state index is 12.0. The number of hydrogen-bond acceptors (Lipinski definition) is 3. The van der Waals surface area contributed by atoms with Crippen molar-refractivity contribution in [1.82, 2.24) is 19.3 Å². The minimum atomic E-state index is -1.16. The summed E-state index contributed by atoms with van der Waals surface area (Å²) in [5.41, 5.74) is 2.28. The third-order valence-electron chi connectivity index (χ3n) is 3.08. The number of nitrogens with zero attached hydrogens (tertiary/aromatic N) is 2. The predicted molar refractivity (Wildman–Crippen MR) is 81.2 cm³/mol. The number of fused-ring (bicyclic) bond motifs is 1. The quantitative estimate of drug-likeness (QED) is 0.765. The third-order valence-corrected chi connectivity index (χ3v) is 3.90. The van der Waals surface area contributed by atoms with E-state index in [0.717, 1.165) is 11.0 Å². The molecule has 2 aromatic heterocycles. The van der Waals surface area contributed by atoms with Gasteiger partial charge in [-0.2, -0.15) is 0 Å². The van der Waals surface area contributed by atoms with E-state index in [2.05, 4.69) is 15.3 Å². The number of aromatic nitrogens is 3. The van der Waals surface area contributed by atoms with Gasteiger partial charge in [-0.1, -0.05) is 12.1 Å². The lowest BCUT2D eigenvalue weighted by Gasteiger charge is -2.00. The van der Waals surface area contributed by atoms with Crippen molar-refractivity contribution in [3.8, 4) is 0 Å². The van der Waals surface area contributed by atoms with Crippen LogP contribution in [-0.4, -0.2) is 30.3 Å². The van der Waals surface area contributed by atoms with Crippen LogP contribution in [0.4, 0.5) is 0 Å². The molecule has 1 atom stereocenters. The average molecular weight is 302 g/mol. The zero-order chi connectivity index (χ0) is 14.8. The predicted octanol–water partition coefficient (Wildman–Crippen LogP) is 1.44. The largest absolute Gasteiger partial charge is 0.345 e. The lowest BCUT2D eigenvalue weighted by molar-refractivity contribution is 0.0950. The zero-order valence-electron chi connectivity index (χ0n) is 11.4. The molecule has 0 fully saturated rings. The van der Waals surface area contributed by atoms with Crippen molar-refractivity contribution < 1.29 is 9.00 Å². The summed E-state index contributed by atoms with van der Waals surface area (Å²) in [6.07, 6.45) is 4.73. The van der Waals surface area contributed by atoms with Gasteiger partial charge in [-0.3, -0.25) is 8.77 Å². The summed E-state index contributed by atoms with van der Waals surface area (Å²) in [7, 11) is -1.16. The first-order valence-corrected chi connectivity index (χ1v) is 7.89. The second-order valence-electron chi connectivity index (χ2n) is 4.57. The molecule has 2 heterocycles. The molecule has 108 valence electrons. The number of benzene rings is 1. The molecular weight excluding hydrogens is 288 g/mol. The van der Waals surface area contributed by atoms with Crippen molar-refractivity contribution in [3.63, 3.8) is 0 Å². The third kappa shape index (κ3) is 2.87. The molecule has 0 spiro atoms. The Hall–Kier alpha value is -2.41. The molecule has 0 radical (unpaired) electrons. The van der Waals surface area contributed by atoms with E-state index in [4.69, 9.17) is 0 Å². The van der Waals surface area contributed by atoms with Gasteiger partial charge in [0.05, 0.1) is 23.1 Å². The molecule has 3 aromatic rings. The SMILES string of the molecule is CS(=O)n1ccc(C(=O)NCc2nc3ccccc3[nH]2)c1. The van der Waals surface area contributed by atoms with Gasteiger partial charge in [0, 0.05) is 18.6 Å². The minimum Gasteiger partial charge on any atom is -0.345 e. The Morgan fingerprint density at radius 3 is 2.90 bits per heavy atom. The van der Waals surface area contributed by atoms with Crippen molar-refractivity contribution in [2.45, 2.75) is 6.54 Å². The highest BCUT2D eigenvalue weighted by Gasteiger charge is 2.09. The molecule has 3 rings (SSSR count). The van der Waals surface area contributed by atoms with Crippen LogP contribution in [0.3, 0.4) is 0 Å². The number of carbonyl (C=O) groups is 1. The highest BCUT2D eigenvalue weighted by molar-refractivity contribution is 7.82. The normalized spacial score (nSPS) is 12.4. The van der Waals surface area contributed by atoms with Crippen LogP contribution in [0.1, 0.15) is 16.2 Å². The van der Waals surface area contributed by atoms with Crippen molar-refractivity contribution in [2.75, 3.05) is 6.26 Å². The summed E-state index contributed by atoms with van der Waals surface area (Å²) in [5.74, 6) is 0.475. The number of aromatic amines is 1. The van der Waals surface area contributed by atoms with Crippen LogP contribution in [0.5, 0.6) is 0 Å². The molecule has 2 N–H and O–H groups in total. The van der Waals surface area contributed by atoms with Crippen LogP contribution in [0.15, 0.2) is 42.7 Å². The number of rotatable bonds is 4. The molecular formula is C14H14N4O2S. The molecule has 21 heavy (non-hydrogen) atoms. The average Bonchev–Trinajstić information content (AvgIpc) is 3.11. The van der Waals surface area contributed by atoms with Crippen LogP contribution in [0.2, 0.25) is 0 Å². The first kappa shape index (κ1) is 13.6. The van der Waals surface area contributed by atoms with E-state index in [1.807, 2.05) is 24.3 Å². The number of imidazole rings is 1. The smallest absolute Gasteiger partial charge is 0.253 e. The molecule has 0 saturated heterocycles. The van der Waals surface area contributed by atoms with Gasteiger partial charge in [-0.15, -0.1) is 0 Å². The molecule has 0 saturated carbocycles. The van der Waals surface area contributed by atoms with E-state index in [9.17, 15) is 9.00 Å². The molecule has 1 aromatic carbocycles. The van der Waals surface area contributed by atoms with Gasteiger partial charge in [-0.25, -0.2) is 9.19 Å². The van der Waals surface area contributed by atoms with Crippen LogP contribution < -0.4 is 5.32 Å². The Morgan fingerprint density at radius 2 is 2.19 bits per heavy atom. The second-order valence-corrected chi connectivity index (χ2v) is 5.84. The number of amides is 1. The van der Waals surface area contributed by atoms with Gasteiger partial charge >= 0.3 is 0 Å². The summed E-state index contributed by atoms with van der Waals surface area (Å²) in [6.45, 7) is 0.313. The van der Waals surface area contributed by atoms with Crippen LogP contribution in [0, 0.1) is 0 Å². The monoisotopic (exact) mass is 302 g/mol. The second kappa shape index (κ2) is 5.53. The maximum Gasteiger partial charge on any atom is 0.253 e. The zero-order valence-corrected chi connectivity index (χ0v) is 12.2. The summed E-state index contributed by atoms with van der Waals surface area (Å²) >= 11 is 0. The van der Waals surface area contributed by atoms with Gasteiger partial charge in [-0.05, 0) is 18.2 Å². The highest BCUT2D eigenvalue weighted by atomic mass is 32.2. The molecule has 1 amide bonds. The van der Waals surface area contributed by atoms with E-state index in [1.165, 1.54) is 3.97 Å². The van der Waals surface area contributed by atoms with E-state index in [1.54, 1.807) is 24.7 Å². The molecule has 7 heteroatoms. The van der Waals surface area contributed by atoms with E-state index in [-0.39, 0.29) is 5.91 Å². The lowest BCUT2D eigenvalue weighted by atomic mass is 10.3. The Bertz CT molecular complexity index is 788. The Labute approximate surface area is 123 Å². The van der Waals surface area contributed by atoms with Crippen LogP contribution in [-0.2, 0) is 17.5 Å². The fraction of sp³-hybridized carbons (Fsp3) is 0.143. The molecule has 1 unspecified atom stereocenters. The summed E-state index contributed by atoms with van der Waals surface area (Å²) in [5, 5.41) is 2.78. The summed E-state index contributed by atoms with van der Waals surface area (Å²) in [6, 6.07) is 9.32. The molecule has 0 aliphatic rings. The van der Waals surface area contributed by atoms with Crippen molar-refractivity contribution in [2.24, 2.45) is 0 Å². The Morgan fingerprint density at radius 1 is 1.38 bits per heavy atom. The number of carbonyl (C=O) groups excluding carboxylic acids is 1. The summed E-state index contributed by atoms with van der Waals surface area (Å²) < 4.78 is 12.8. The van der Waals surface area contributed by atoms with Crippen LogP contribution >= 0.6 is 0 Å². The number of hydrogen-bond donors (Lipinski definition) is 2. The van der Waals surface area contributed by atoms with Crippen LogP contribution in [0.25, 0.3) is 11.0 Å². The highest BCUT2D eigenvalue weighted by Crippen LogP contribution is 2.10. The van der Waals surface area contributed by atoms with Gasteiger partial charge in [0.1, 0.15) is 16.8 Å². The fourth-order valence-electron chi connectivity index (χ4n) is 2.03. The van der Waals surface area contributed by atoms with E-state index < -0.39 is 11.0 Å². The number of H-pyrrole nitrogens is 1. The summed E-state index contributed by atoms with van der Waals surface area (Å²) in [4.78, 5) is 19.5. The van der Waals surface area contributed by atoms with Gasteiger partial charge < -0.3 is 10.3 Å². The molecule has 6 nitrogen and oxygen atoms in total. The maximum absolute atomic E-state index is 12.0. The van der Waals surface area contributed by atoms with Crippen molar-refractivity contribution >= 4 is 27.9 Å². The van der Waals surface area contributed by atoms with Crippen molar-refractivity contribution in [3.05, 3.63) is 54.1 Å². The Kier molecular flexibility index (Phi) is 3.57. The Balaban J connectivity index is 1.68. The topological polar surface area (TPSA) is 79.8 Å². The van der Waals surface area contributed by atoms with Crippen molar-refractivity contribution in [1.29, 1.82) is 0 Å². The molecule has 0 aliphatic carbocycles. The molecule has 0 bridgehead atoms. The lowest BCUT2D eigenvalue weighted by Crippen LogP contribution is -2.23. The fourth-order valence-corrected chi connectivity index (χ4v) is 2.52. The minimum absolute atomic E-state index is 0.223. The first-order valence-electron chi connectivity index (χ1n) is 6.37. The van der Waals surface area contributed by atoms with E-state index >= 15 is 0 Å². The van der Waals surface area contributed by atoms with Gasteiger partial charge in [0.2, 0.25) is 0 Å².